The SMILES string of the molecule is CCOc1cc(/C=C2\N=C(c3ccc(C(C)C)cc3)OC2=O)cc(Cl)c1OCc1ccccc1I. The van der Waals surface area contributed by atoms with E-state index in [2.05, 4.69) is 41.4 Å². The van der Waals surface area contributed by atoms with Crippen LogP contribution in [0.4, 0.5) is 0 Å². The molecule has 1 aliphatic rings. The van der Waals surface area contributed by atoms with Gasteiger partial charge in [-0.1, -0.05) is 55.8 Å². The van der Waals surface area contributed by atoms with E-state index in [9.17, 15) is 4.79 Å². The summed E-state index contributed by atoms with van der Waals surface area (Å²) in [5.74, 6) is 1.14. The first-order valence-electron chi connectivity index (χ1n) is 11.3. The summed E-state index contributed by atoms with van der Waals surface area (Å²) in [5.41, 5.74) is 3.86. The number of nitrogens with zero attached hydrogens (tertiary/aromatic N) is 1. The highest BCUT2D eigenvalue weighted by atomic mass is 127. The van der Waals surface area contributed by atoms with Gasteiger partial charge in [0.2, 0.25) is 5.90 Å². The van der Waals surface area contributed by atoms with Gasteiger partial charge in [0.15, 0.2) is 17.2 Å². The number of benzene rings is 3. The second-order valence-electron chi connectivity index (χ2n) is 8.26. The zero-order chi connectivity index (χ0) is 24.9. The zero-order valence-corrected chi connectivity index (χ0v) is 22.6. The summed E-state index contributed by atoms with van der Waals surface area (Å²) >= 11 is 8.85. The lowest BCUT2D eigenvalue weighted by atomic mass is 10.0. The lowest BCUT2D eigenvalue weighted by molar-refractivity contribution is -0.129. The molecule has 3 aromatic rings. The summed E-state index contributed by atoms with van der Waals surface area (Å²) in [6, 6.07) is 19.3. The van der Waals surface area contributed by atoms with Crippen LogP contribution in [0.1, 0.15) is 48.9 Å². The van der Waals surface area contributed by atoms with E-state index in [0.717, 1.165) is 14.7 Å². The minimum absolute atomic E-state index is 0.193. The van der Waals surface area contributed by atoms with Crippen LogP contribution in [0.2, 0.25) is 5.02 Å². The molecule has 0 amide bonds. The quantitative estimate of drug-likeness (QED) is 0.154. The second kappa shape index (κ2) is 11.3. The normalized spacial score (nSPS) is 14.3. The number of rotatable bonds is 8. The van der Waals surface area contributed by atoms with Crippen molar-refractivity contribution in [2.75, 3.05) is 6.61 Å². The summed E-state index contributed by atoms with van der Waals surface area (Å²) in [5, 5.41) is 0.383. The average Bonchev–Trinajstić information content (AvgIpc) is 3.20. The molecule has 4 rings (SSSR count). The van der Waals surface area contributed by atoms with Crippen LogP contribution in [0, 0.1) is 3.57 Å². The highest BCUT2D eigenvalue weighted by Crippen LogP contribution is 2.38. The Kier molecular flexibility index (Phi) is 8.13. The minimum atomic E-state index is -0.513. The molecule has 3 aromatic carbocycles. The van der Waals surface area contributed by atoms with Gasteiger partial charge in [-0.05, 0) is 83.0 Å². The van der Waals surface area contributed by atoms with Crippen molar-refractivity contribution in [3.8, 4) is 11.5 Å². The van der Waals surface area contributed by atoms with Crippen molar-refractivity contribution < 1.29 is 19.0 Å². The number of aliphatic imine (C=N–C) groups is 1. The van der Waals surface area contributed by atoms with E-state index in [1.807, 2.05) is 55.5 Å². The minimum Gasteiger partial charge on any atom is -0.490 e. The molecule has 1 aliphatic heterocycles. The Morgan fingerprint density at radius 3 is 2.51 bits per heavy atom. The molecule has 180 valence electrons. The van der Waals surface area contributed by atoms with Crippen LogP contribution >= 0.6 is 34.2 Å². The van der Waals surface area contributed by atoms with Gasteiger partial charge in [0.05, 0.1) is 11.6 Å². The standard InChI is InChI=1S/C28H25ClINO4/c1-4-33-25-15-18(13-22(29)26(25)34-16-21-7-5-6-8-23(21)30)14-24-28(32)35-27(31-24)20-11-9-19(10-12-20)17(2)3/h5-15,17H,4,16H2,1-3H3/b24-14-. The molecule has 0 bridgehead atoms. The van der Waals surface area contributed by atoms with Crippen molar-refractivity contribution in [3.63, 3.8) is 0 Å². The van der Waals surface area contributed by atoms with Crippen LogP contribution in [0.25, 0.3) is 6.08 Å². The Labute approximate surface area is 223 Å². The third-order valence-corrected chi connectivity index (χ3v) is 6.74. The molecular formula is C28H25ClINO4. The molecule has 0 aliphatic carbocycles. The number of esters is 1. The number of cyclic esters (lactones) is 1. The maximum absolute atomic E-state index is 12.5. The maximum atomic E-state index is 12.5. The fourth-order valence-electron chi connectivity index (χ4n) is 3.54. The summed E-state index contributed by atoms with van der Waals surface area (Å²) in [6.45, 7) is 6.94. The van der Waals surface area contributed by atoms with Crippen LogP contribution in [0.15, 0.2) is 71.4 Å². The van der Waals surface area contributed by atoms with Gasteiger partial charge in [-0.3, -0.25) is 0 Å². The van der Waals surface area contributed by atoms with Crippen LogP contribution < -0.4 is 9.47 Å². The number of halogens is 2. The van der Waals surface area contributed by atoms with E-state index in [4.69, 9.17) is 25.8 Å². The van der Waals surface area contributed by atoms with Gasteiger partial charge >= 0.3 is 5.97 Å². The molecule has 0 N–H and O–H groups in total. The largest absolute Gasteiger partial charge is 0.490 e. The van der Waals surface area contributed by atoms with Gasteiger partial charge in [-0.25, -0.2) is 9.79 Å². The predicted molar refractivity (Wildman–Crippen MR) is 147 cm³/mol. The molecule has 35 heavy (non-hydrogen) atoms. The van der Waals surface area contributed by atoms with Gasteiger partial charge in [0, 0.05) is 14.7 Å². The average molecular weight is 602 g/mol. The Bertz CT molecular complexity index is 1300. The Hall–Kier alpha value is -2.84. The maximum Gasteiger partial charge on any atom is 0.363 e. The molecular weight excluding hydrogens is 577 g/mol. The summed E-state index contributed by atoms with van der Waals surface area (Å²) in [7, 11) is 0. The third-order valence-electron chi connectivity index (χ3n) is 5.41. The van der Waals surface area contributed by atoms with Crippen LogP contribution in [0.5, 0.6) is 11.5 Å². The first-order chi connectivity index (χ1) is 16.9. The van der Waals surface area contributed by atoms with Crippen molar-refractivity contribution in [3.05, 3.63) is 97.2 Å². The molecule has 0 saturated heterocycles. The Balaban J connectivity index is 1.60. The molecule has 0 spiro atoms. The monoisotopic (exact) mass is 601 g/mol. The molecule has 5 nitrogen and oxygen atoms in total. The molecule has 1 heterocycles. The molecule has 0 fully saturated rings. The van der Waals surface area contributed by atoms with E-state index in [1.54, 1.807) is 18.2 Å². The zero-order valence-electron chi connectivity index (χ0n) is 19.7. The molecule has 0 unspecified atom stereocenters. The lowest BCUT2D eigenvalue weighted by Crippen LogP contribution is -2.05. The van der Waals surface area contributed by atoms with Gasteiger partial charge < -0.3 is 14.2 Å². The van der Waals surface area contributed by atoms with Crippen molar-refractivity contribution in [1.82, 2.24) is 0 Å². The number of carbonyl (C=O) groups is 1. The Morgan fingerprint density at radius 2 is 1.83 bits per heavy atom. The van der Waals surface area contributed by atoms with Crippen molar-refractivity contribution in [2.45, 2.75) is 33.3 Å². The fraction of sp³-hybridized carbons (Fsp3) is 0.214. The van der Waals surface area contributed by atoms with Gasteiger partial charge in [0.25, 0.3) is 0 Å². The first kappa shape index (κ1) is 25.3. The smallest absolute Gasteiger partial charge is 0.363 e. The topological polar surface area (TPSA) is 57.1 Å². The lowest BCUT2D eigenvalue weighted by Gasteiger charge is -2.15. The van der Waals surface area contributed by atoms with Gasteiger partial charge in [-0.2, -0.15) is 0 Å². The molecule has 0 aromatic heterocycles. The van der Waals surface area contributed by atoms with Crippen molar-refractivity contribution >= 4 is 52.1 Å². The summed E-state index contributed by atoms with van der Waals surface area (Å²) in [4.78, 5) is 16.9. The number of ether oxygens (including phenoxy) is 3. The highest BCUT2D eigenvalue weighted by Gasteiger charge is 2.25. The third kappa shape index (κ3) is 6.05. The van der Waals surface area contributed by atoms with E-state index in [0.29, 0.717) is 41.2 Å². The number of hydrogen-bond acceptors (Lipinski definition) is 5. The van der Waals surface area contributed by atoms with Gasteiger partial charge in [-0.15, -0.1) is 0 Å². The van der Waals surface area contributed by atoms with Crippen LogP contribution in [0.3, 0.4) is 0 Å². The molecule has 7 heteroatoms. The fourth-order valence-corrected chi connectivity index (χ4v) is 4.36. The van der Waals surface area contributed by atoms with E-state index in [1.165, 1.54) is 5.56 Å². The number of carbonyl (C=O) groups excluding carboxylic acids is 1. The summed E-state index contributed by atoms with van der Waals surface area (Å²) < 4.78 is 18.4. The highest BCUT2D eigenvalue weighted by molar-refractivity contribution is 14.1. The Morgan fingerprint density at radius 1 is 1.09 bits per heavy atom. The van der Waals surface area contributed by atoms with E-state index in [-0.39, 0.29) is 11.6 Å². The van der Waals surface area contributed by atoms with Crippen molar-refractivity contribution in [2.24, 2.45) is 4.99 Å². The van der Waals surface area contributed by atoms with Crippen LogP contribution in [-0.2, 0) is 16.1 Å². The van der Waals surface area contributed by atoms with Crippen molar-refractivity contribution in [1.29, 1.82) is 0 Å². The first-order valence-corrected chi connectivity index (χ1v) is 12.8. The van der Waals surface area contributed by atoms with E-state index < -0.39 is 5.97 Å². The molecule has 0 saturated carbocycles. The molecule has 0 radical (unpaired) electrons. The van der Waals surface area contributed by atoms with E-state index >= 15 is 0 Å². The van der Waals surface area contributed by atoms with Gasteiger partial charge in [0.1, 0.15) is 6.61 Å². The van der Waals surface area contributed by atoms with Crippen LogP contribution in [-0.4, -0.2) is 18.5 Å². The summed E-state index contributed by atoms with van der Waals surface area (Å²) in [6.07, 6.45) is 1.64. The predicted octanol–water partition coefficient (Wildman–Crippen LogP) is 7.39. The number of hydrogen-bond donors (Lipinski definition) is 0. The molecule has 0 atom stereocenters. The second-order valence-corrected chi connectivity index (χ2v) is 9.83.